The van der Waals surface area contributed by atoms with Gasteiger partial charge in [0.2, 0.25) is 0 Å². The van der Waals surface area contributed by atoms with Crippen molar-refractivity contribution in [2.24, 2.45) is 0 Å². The Balaban J connectivity index is 2.16. The Kier molecular flexibility index (Phi) is 3.71. The molecule has 0 radical (unpaired) electrons. The second-order valence-electron chi connectivity index (χ2n) is 5.97. The molecule has 114 valence electrons. The van der Waals surface area contributed by atoms with E-state index in [-0.39, 0.29) is 11.8 Å². The van der Waals surface area contributed by atoms with Gasteiger partial charge in [0.25, 0.3) is 11.8 Å². The molecule has 3 rings (SSSR count). The molecule has 0 unspecified atom stereocenters. The van der Waals surface area contributed by atoms with E-state index in [1.54, 1.807) is 0 Å². The average Bonchev–Trinajstić information content (AvgIpc) is 2.51. The minimum Gasteiger partial charge on any atom is -0.308 e. The van der Waals surface area contributed by atoms with Crippen LogP contribution in [0.4, 0.5) is 0 Å². The van der Waals surface area contributed by atoms with E-state index in [9.17, 15) is 9.59 Å². The lowest BCUT2D eigenvalue weighted by atomic mass is 9.91. The van der Waals surface area contributed by atoms with Gasteiger partial charge in [0.15, 0.2) is 0 Å². The number of aryl methyl sites for hydroxylation is 1. The Morgan fingerprint density at radius 2 is 1.77 bits per heavy atom. The monoisotopic (exact) mass is 296 g/mol. The molecule has 0 saturated carbocycles. The van der Waals surface area contributed by atoms with Gasteiger partial charge in [-0.15, -0.1) is 0 Å². The quantitative estimate of drug-likeness (QED) is 0.814. The van der Waals surface area contributed by atoms with Crippen LogP contribution in [0.3, 0.4) is 0 Å². The Hall–Kier alpha value is -2.20. The van der Waals surface area contributed by atoms with Crippen molar-refractivity contribution in [3.8, 4) is 0 Å². The van der Waals surface area contributed by atoms with Crippen molar-refractivity contribution < 1.29 is 9.59 Å². The molecule has 2 amide bonds. The van der Waals surface area contributed by atoms with Crippen LogP contribution < -0.4 is 0 Å². The summed E-state index contributed by atoms with van der Waals surface area (Å²) in [5.74, 6) is -0.361. The third-order valence-electron chi connectivity index (χ3n) is 4.17. The molecule has 0 saturated heterocycles. The van der Waals surface area contributed by atoms with Crippen molar-refractivity contribution in [2.75, 3.05) is 27.2 Å². The number of carbonyl (C=O) groups excluding carboxylic acids is 2. The number of carbonyl (C=O) groups is 2. The Morgan fingerprint density at radius 3 is 2.45 bits per heavy atom. The third-order valence-corrected chi connectivity index (χ3v) is 4.17. The first-order chi connectivity index (χ1) is 10.5. The van der Waals surface area contributed by atoms with E-state index in [0.29, 0.717) is 24.2 Å². The van der Waals surface area contributed by atoms with Gasteiger partial charge in [0, 0.05) is 29.6 Å². The van der Waals surface area contributed by atoms with Gasteiger partial charge in [-0.3, -0.25) is 14.5 Å². The van der Waals surface area contributed by atoms with Crippen LogP contribution in [0, 0.1) is 0 Å². The zero-order chi connectivity index (χ0) is 15.9. The molecule has 0 fully saturated rings. The maximum Gasteiger partial charge on any atom is 0.261 e. The van der Waals surface area contributed by atoms with Crippen LogP contribution in [0.5, 0.6) is 0 Å². The van der Waals surface area contributed by atoms with Gasteiger partial charge in [-0.1, -0.05) is 25.1 Å². The highest BCUT2D eigenvalue weighted by Crippen LogP contribution is 2.31. The van der Waals surface area contributed by atoms with Gasteiger partial charge in [0.05, 0.1) is 0 Å². The van der Waals surface area contributed by atoms with Crippen molar-refractivity contribution in [3.05, 3.63) is 47.0 Å². The molecule has 1 aliphatic heterocycles. The van der Waals surface area contributed by atoms with Gasteiger partial charge in [-0.05, 0) is 43.6 Å². The van der Waals surface area contributed by atoms with Gasteiger partial charge < -0.3 is 4.90 Å². The highest BCUT2D eigenvalue weighted by atomic mass is 16.2. The van der Waals surface area contributed by atoms with Crippen LogP contribution in [0.1, 0.15) is 33.2 Å². The molecular formula is C18H20N2O2. The predicted molar refractivity (Wildman–Crippen MR) is 87.2 cm³/mol. The molecule has 1 aliphatic rings. The van der Waals surface area contributed by atoms with Crippen LogP contribution in [-0.2, 0) is 6.42 Å². The minimum atomic E-state index is -0.186. The zero-order valence-electron chi connectivity index (χ0n) is 13.2. The van der Waals surface area contributed by atoms with Crippen LogP contribution in [0.15, 0.2) is 30.3 Å². The maximum absolute atomic E-state index is 12.8. The maximum atomic E-state index is 12.8. The van der Waals surface area contributed by atoms with Crippen LogP contribution in [0.25, 0.3) is 10.8 Å². The Labute approximate surface area is 130 Å². The molecule has 4 nitrogen and oxygen atoms in total. The smallest absolute Gasteiger partial charge is 0.261 e. The van der Waals surface area contributed by atoms with Crippen molar-refractivity contribution >= 4 is 22.6 Å². The van der Waals surface area contributed by atoms with Gasteiger partial charge in [-0.2, -0.15) is 0 Å². The highest BCUT2D eigenvalue weighted by Gasteiger charge is 2.32. The SMILES string of the molecule is CCc1cc2c3c(cccc3c1)C(=O)N(CCN(C)C)C2=O. The summed E-state index contributed by atoms with van der Waals surface area (Å²) >= 11 is 0. The molecule has 0 atom stereocenters. The number of benzene rings is 2. The molecule has 4 heteroatoms. The second-order valence-corrected chi connectivity index (χ2v) is 5.97. The molecule has 0 aliphatic carbocycles. The van der Waals surface area contributed by atoms with Crippen molar-refractivity contribution in [2.45, 2.75) is 13.3 Å². The number of amides is 2. The standard InChI is InChI=1S/C18H20N2O2/c1-4-12-10-13-6-5-7-14-16(13)15(11-12)18(22)20(17(14)21)9-8-19(2)3/h5-7,10-11H,4,8-9H2,1-3H3. The summed E-state index contributed by atoms with van der Waals surface area (Å²) in [5.41, 5.74) is 2.41. The van der Waals surface area contributed by atoms with E-state index in [1.807, 2.05) is 43.3 Å². The van der Waals surface area contributed by atoms with E-state index >= 15 is 0 Å². The highest BCUT2D eigenvalue weighted by molar-refractivity contribution is 6.25. The first-order valence-corrected chi connectivity index (χ1v) is 7.59. The molecule has 1 heterocycles. The molecule has 0 N–H and O–H groups in total. The largest absolute Gasteiger partial charge is 0.308 e. The lowest BCUT2D eigenvalue weighted by molar-refractivity contribution is 0.0601. The fourth-order valence-electron chi connectivity index (χ4n) is 2.93. The summed E-state index contributed by atoms with van der Waals surface area (Å²) in [4.78, 5) is 28.8. The number of hydrogen-bond donors (Lipinski definition) is 0. The second kappa shape index (κ2) is 5.54. The van der Waals surface area contributed by atoms with Crippen molar-refractivity contribution in [1.29, 1.82) is 0 Å². The van der Waals surface area contributed by atoms with E-state index in [4.69, 9.17) is 0 Å². The molecule has 22 heavy (non-hydrogen) atoms. The molecule has 0 aromatic heterocycles. The van der Waals surface area contributed by atoms with Gasteiger partial charge in [-0.25, -0.2) is 0 Å². The van der Waals surface area contributed by atoms with E-state index in [1.165, 1.54) is 4.90 Å². The summed E-state index contributed by atoms with van der Waals surface area (Å²) in [5, 5.41) is 1.77. The van der Waals surface area contributed by atoms with E-state index in [0.717, 1.165) is 22.8 Å². The molecular weight excluding hydrogens is 276 g/mol. The summed E-state index contributed by atoms with van der Waals surface area (Å²) in [6.45, 7) is 3.15. The zero-order valence-corrected chi connectivity index (χ0v) is 13.2. The summed E-state index contributed by atoms with van der Waals surface area (Å²) < 4.78 is 0. The number of imide groups is 1. The van der Waals surface area contributed by atoms with Crippen molar-refractivity contribution in [1.82, 2.24) is 9.80 Å². The van der Waals surface area contributed by atoms with E-state index < -0.39 is 0 Å². The summed E-state index contributed by atoms with van der Waals surface area (Å²) in [7, 11) is 3.87. The number of hydrogen-bond acceptors (Lipinski definition) is 3. The lowest BCUT2D eigenvalue weighted by Gasteiger charge is -2.28. The molecule has 0 spiro atoms. The molecule has 2 aromatic carbocycles. The summed E-state index contributed by atoms with van der Waals surface area (Å²) in [6, 6.07) is 9.67. The van der Waals surface area contributed by atoms with Crippen molar-refractivity contribution in [3.63, 3.8) is 0 Å². The van der Waals surface area contributed by atoms with Crippen LogP contribution in [0.2, 0.25) is 0 Å². The van der Waals surface area contributed by atoms with E-state index in [2.05, 4.69) is 13.0 Å². The lowest BCUT2D eigenvalue weighted by Crippen LogP contribution is -2.43. The summed E-state index contributed by atoms with van der Waals surface area (Å²) in [6.07, 6.45) is 0.867. The van der Waals surface area contributed by atoms with Crippen LogP contribution >= 0.6 is 0 Å². The normalized spacial score (nSPS) is 14.3. The topological polar surface area (TPSA) is 40.6 Å². The van der Waals surface area contributed by atoms with Crippen LogP contribution in [-0.4, -0.2) is 48.8 Å². The Morgan fingerprint density at radius 1 is 1.05 bits per heavy atom. The minimum absolute atomic E-state index is 0.175. The first-order valence-electron chi connectivity index (χ1n) is 7.59. The number of rotatable bonds is 4. The van der Waals surface area contributed by atoms with Gasteiger partial charge >= 0.3 is 0 Å². The number of likely N-dealkylation sites (N-methyl/N-ethyl adjacent to an activating group) is 1. The fraction of sp³-hybridized carbons (Fsp3) is 0.333. The van der Waals surface area contributed by atoms with Gasteiger partial charge in [0.1, 0.15) is 0 Å². The molecule has 0 bridgehead atoms. The molecule has 2 aromatic rings. The average molecular weight is 296 g/mol. The third kappa shape index (κ3) is 2.29. The fourth-order valence-corrected chi connectivity index (χ4v) is 2.93. The predicted octanol–water partition coefficient (Wildman–Crippen LogP) is 2.56. The first kappa shape index (κ1) is 14.7. The number of nitrogens with zero attached hydrogens (tertiary/aromatic N) is 2. The Bertz CT molecular complexity index is 765.